The summed E-state index contributed by atoms with van der Waals surface area (Å²) in [6.45, 7) is 0.979. The summed E-state index contributed by atoms with van der Waals surface area (Å²) in [5.74, 6) is -0.146. The highest BCUT2D eigenvalue weighted by molar-refractivity contribution is 5.92. The Hall–Kier alpha value is -2.49. The number of halogens is 3. The molecule has 0 saturated carbocycles. The maximum absolute atomic E-state index is 12.5. The molecular formula is C14H15F3N6O. The van der Waals surface area contributed by atoms with Gasteiger partial charge in [-0.25, -0.2) is 9.67 Å². The molecule has 0 bridgehead atoms. The molecule has 1 atom stereocenters. The molecule has 0 aromatic carbocycles. The highest BCUT2D eigenvalue weighted by Crippen LogP contribution is 2.28. The van der Waals surface area contributed by atoms with E-state index < -0.39 is 11.7 Å². The van der Waals surface area contributed by atoms with Crippen molar-refractivity contribution in [3.05, 3.63) is 35.8 Å². The van der Waals surface area contributed by atoms with Gasteiger partial charge in [0, 0.05) is 25.3 Å². The summed E-state index contributed by atoms with van der Waals surface area (Å²) in [5.41, 5.74) is 4.90. The zero-order chi connectivity index (χ0) is 17.3. The van der Waals surface area contributed by atoms with Gasteiger partial charge in [0.25, 0.3) is 5.91 Å². The third-order valence-electron chi connectivity index (χ3n) is 3.93. The summed E-state index contributed by atoms with van der Waals surface area (Å²) in [6.07, 6.45) is -0.672. The largest absolute Gasteiger partial charge is 0.417 e. The van der Waals surface area contributed by atoms with E-state index in [1.807, 2.05) is 0 Å². The standard InChI is InChI=1S/C14H15F3N6O/c15-14(16,17)9-3-4-12(19-7-9)23-8-11(20-21-23)13(24)22-5-1-2-10(22)6-18/h3-4,7-8,10H,1-2,5-6,18H2. The molecule has 0 aliphatic carbocycles. The molecule has 2 N–H and O–H groups in total. The van der Waals surface area contributed by atoms with E-state index in [4.69, 9.17) is 5.73 Å². The van der Waals surface area contributed by atoms with Gasteiger partial charge in [0.1, 0.15) is 0 Å². The number of carbonyl (C=O) groups is 1. The minimum absolute atomic E-state index is 0.0214. The van der Waals surface area contributed by atoms with Gasteiger partial charge < -0.3 is 10.6 Å². The van der Waals surface area contributed by atoms with Crippen molar-refractivity contribution in [3.8, 4) is 5.82 Å². The molecule has 1 aliphatic heterocycles. The van der Waals surface area contributed by atoms with E-state index in [9.17, 15) is 18.0 Å². The number of aromatic nitrogens is 4. The summed E-state index contributed by atoms with van der Waals surface area (Å²) < 4.78 is 38.8. The van der Waals surface area contributed by atoms with Crippen LogP contribution in [0.25, 0.3) is 5.82 Å². The first-order valence-corrected chi connectivity index (χ1v) is 7.37. The van der Waals surface area contributed by atoms with Crippen LogP contribution in [0, 0.1) is 0 Å². The summed E-state index contributed by atoms with van der Waals surface area (Å²) in [5, 5.41) is 7.56. The normalized spacial score (nSPS) is 18.2. The van der Waals surface area contributed by atoms with Crippen molar-refractivity contribution >= 4 is 5.91 Å². The van der Waals surface area contributed by atoms with E-state index in [1.54, 1.807) is 4.90 Å². The Morgan fingerprint density at radius 1 is 1.38 bits per heavy atom. The molecule has 1 amide bonds. The molecule has 1 saturated heterocycles. The van der Waals surface area contributed by atoms with Gasteiger partial charge >= 0.3 is 6.18 Å². The molecule has 10 heteroatoms. The number of hydrogen-bond donors (Lipinski definition) is 1. The maximum Gasteiger partial charge on any atom is 0.417 e. The highest BCUT2D eigenvalue weighted by Gasteiger charge is 2.31. The zero-order valence-corrected chi connectivity index (χ0v) is 12.6. The van der Waals surface area contributed by atoms with E-state index >= 15 is 0 Å². The van der Waals surface area contributed by atoms with Crippen LogP contribution in [0.2, 0.25) is 0 Å². The number of nitrogens with zero attached hydrogens (tertiary/aromatic N) is 5. The Balaban J connectivity index is 1.79. The number of hydrogen-bond acceptors (Lipinski definition) is 5. The van der Waals surface area contributed by atoms with E-state index in [2.05, 4.69) is 15.3 Å². The number of likely N-dealkylation sites (tertiary alicyclic amines) is 1. The van der Waals surface area contributed by atoms with Crippen LogP contribution in [0.15, 0.2) is 24.5 Å². The number of carbonyl (C=O) groups excluding carboxylic acids is 1. The monoisotopic (exact) mass is 340 g/mol. The highest BCUT2D eigenvalue weighted by atomic mass is 19.4. The van der Waals surface area contributed by atoms with Crippen molar-refractivity contribution in [2.45, 2.75) is 25.1 Å². The van der Waals surface area contributed by atoms with Gasteiger partial charge in [-0.3, -0.25) is 4.79 Å². The van der Waals surface area contributed by atoms with Crippen LogP contribution in [-0.2, 0) is 6.18 Å². The first-order valence-electron chi connectivity index (χ1n) is 7.37. The lowest BCUT2D eigenvalue weighted by atomic mass is 10.2. The average Bonchev–Trinajstić information content (AvgIpc) is 3.22. The lowest BCUT2D eigenvalue weighted by Gasteiger charge is -2.21. The lowest BCUT2D eigenvalue weighted by Crippen LogP contribution is -2.40. The minimum atomic E-state index is -4.46. The van der Waals surface area contributed by atoms with Crippen molar-refractivity contribution in [1.29, 1.82) is 0 Å². The fourth-order valence-electron chi connectivity index (χ4n) is 2.66. The van der Waals surface area contributed by atoms with Crippen molar-refractivity contribution in [1.82, 2.24) is 24.9 Å². The van der Waals surface area contributed by atoms with Crippen molar-refractivity contribution in [2.75, 3.05) is 13.1 Å². The van der Waals surface area contributed by atoms with Gasteiger partial charge in [-0.05, 0) is 25.0 Å². The minimum Gasteiger partial charge on any atom is -0.333 e. The number of amides is 1. The lowest BCUT2D eigenvalue weighted by molar-refractivity contribution is -0.137. The molecule has 7 nitrogen and oxygen atoms in total. The van der Waals surface area contributed by atoms with Crippen LogP contribution in [0.5, 0.6) is 0 Å². The molecule has 1 fully saturated rings. The summed E-state index contributed by atoms with van der Waals surface area (Å²) in [6, 6.07) is 2.05. The first kappa shape index (κ1) is 16.4. The zero-order valence-electron chi connectivity index (χ0n) is 12.6. The molecule has 0 radical (unpaired) electrons. The fourth-order valence-corrected chi connectivity index (χ4v) is 2.66. The predicted molar refractivity (Wildman–Crippen MR) is 77.3 cm³/mol. The van der Waals surface area contributed by atoms with Gasteiger partial charge in [0.15, 0.2) is 11.5 Å². The topological polar surface area (TPSA) is 89.9 Å². The molecular weight excluding hydrogens is 325 g/mol. The first-order chi connectivity index (χ1) is 11.4. The number of rotatable bonds is 3. The van der Waals surface area contributed by atoms with Gasteiger partial charge in [-0.2, -0.15) is 13.2 Å². The molecule has 3 heterocycles. The second-order valence-corrected chi connectivity index (χ2v) is 5.48. The average molecular weight is 340 g/mol. The molecule has 1 aliphatic rings. The molecule has 1 unspecified atom stereocenters. The molecule has 24 heavy (non-hydrogen) atoms. The van der Waals surface area contributed by atoms with E-state index in [0.29, 0.717) is 19.3 Å². The van der Waals surface area contributed by atoms with E-state index in [0.717, 1.165) is 18.9 Å². The quantitative estimate of drug-likeness (QED) is 0.908. The second-order valence-electron chi connectivity index (χ2n) is 5.48. The molecule has 0 spiro atoms. The molecule has 2 aromatic rings. The fraction of sp³-hybridized carbons (Fsp3) is 0.429. The Labute approximate surface area is 135 Å². The van der Waals surface area contributed by atoms with Crippen LogP contribution in [-0.4, -0.2) is 49.9 Å². The van der Waals surface area contributed by atoms with Crippen molar-refractivity contribution in [2.24, 2.45) is 5.73 Å². The van der Waals surface area contributed by atoms with Gasteiger partial charge in [0.05, 0.1) is 11.8 Å². The molecule has 3 rings (SSSR count). The van der Waals surface area contributed by atoms with Crippen LogP contribution in [0.3, 0.4) is 0 Å². The Morgan fingerprint density at radius 2 is 2.17 bits per heavy atom. The number of nitrogens with two attached hydrogens (primary N) is 1. The van der Waals surface area contributed by atoms with E-state index in [1.165, 1.54) is 16.9 Å². The number of alkyl halides is 3. The van der Waals surface area contributed by atoms with Crippen LogP contribution in [0.1, 0.15) is 28.9 Å². The van der Waals surface area contributed by atoms with Gasteiger partial charge in [0.2, 0.25) is 0 Å². The molecule has 128 valence electrons. The summed E-state index contributed by atoms with van der Waals surface area (Å²) >= 11 is 0. The second kappa shape index (κ2) is 6.19. The van der Waals surface area contributed by atoms with Gasteiger partial charge in [-0.1, -0.05) is 5.21 Å². The van der Waals surface area contributed by atoms with Crippen molar-refractivity contribution < 1.29 is 18.0 Å². The third kappa shape index (κ3) is 3.09. The van der Waals surface area contributed by atoms with Crippen LogP contribution >= 0.6 is 0 Å². The van der Waals surface area contributed by atoms with Crippen molar-refractivity contribution in [3.63, 3.8) is 0 Å². The third-order valence-corrected chi connectivity index (χ3v) is 3.93. The Morgan fingerprint density at radius 3 is 2.79 bits per heavy atom. The van der Waals surface area contributed by atoms with E-state index in [-0.39, 0.29) is 23.5 Å². The summed E-state index contributed by atoms with van der Waals surface area (Å²) in [7, 11) is 0. The smallest absolute Gasteiger partial charge is 0.333 e. The maximum atomic E-state index is 12.5. The van der Waals surface area contributed by atoms with Gasteiger partial charge in [-0.15, -0.1) is 5.10 Å². The predicted octanol–water partition coefficient (Wildman–Crippen LogP) is 1.24. The summed E-state index contributed by atoms with van der Waals surface area (Å²) in [4.78, 5) is 17.8. The van der Waals surface area contributed by atoms with Crippen LogP contribution in [0.4, 0.5) is 13.2 Å². The Bertz CT molecular complexity index is 727. The van der Waals surface area contributed by atoms with Crippen LogP contribution < -0.4 is 5.73 Å². The number of pyridine rings is 1. The molecule has 2 aromatic heterocycles. The Kier molecular flexibility index (Phi) is 4.22. The SMILES string of the molecule is NCC1CCCN1C(=O)c1cn(-c2ccc(C(F)(F)F)cn2)nn1.